The van der Waals surface area contributed by atoms with Gasteiger partial charge in [0.2, 0.25) is 0 Å². The highest BCUT2D eigenvalue weighted by atomic mass is 16.6. The van der Waals surface area contributed by atoms with Crippen LogP contribution in [-0.4, -0.2) is 20.4 Å². The first kappa shape index (κ1) is 14.7. The predicted octanol–water partition coefficient (Wildman–Crippen LogP) is 1.98. The molecule has 1 aromatic heterocycles. The fourth-order valence-corrected chi connectivity index (χ4v) is 2.05. The van der Waals surface area contributed by atoms with Crippen molar-refractivity contribution in [1.29, 1.82) is 0 Å². The number of rotatable bonds is 5. The Bertz CT molecular complexity index is 651. The number of nitrogens with one attached hydrogen (secondary N) is 1. The normalized spacial score (nSPS) is 11.9. The lowest BCUT2D eigenvalue weighted by molar-refractivity contribution is -0.392. The van der Waals surface area contributed by atoms with Crippen LogP contribution in [0.5, 0.6) is 0 Å². The second kappa shape index (κ2) is 6.17. The first-order chi connectivity index (χ1) is 9.99. The molecule has 110 valence electrons. The second-order valence-electron chi connectivity index (χ2n) is 4.71. The van der Waals surface area contributed by atoms with Crippen molar-refractivity contribution >= 4 is 11.7 Å². The van der Waals surface area contributed by atoms with E-state index in [0.29, 0.717) is 5.82 Å². The second-order valence-corrected chi connectivity index (χ2v) is 4.71. The average molecular weight is 288 g/mol. The third kappa shape index (κ3) is 3.44. The van der Waals surface area contributed by atoms with Crippen molar-refractivity contribution < 1.29 is 9.72 Å². The van der Waals surface area contributed by atoms with Gasteiger partial charge in [0.1, 0.15) is 6.20 Å². The molecule has 7 heteroatoms. The lowest BCUT2D eigenvalue weighted by Gasteiger charge is -2.13. The molecule has 0 spiro atoms. The van der Waals surface area contributed by atoms with Gasteiger partial charge in [-0.1, -0.05) is 30.3 Å². The molecule has 0 aliphatic carbocycles. The van der Waals surface area contributed by atoms with Crippen molar-refractivity contribution in [2.45, 2.75) is 26.4 Å². The van der Waals surface area contributed by atoms with E-state index in [2.05, 4.69) is 10.3 Å². The van der Waals surface area contributed by atoms with Gasteiger partial charge in [-0.25, -0.2) is 9.55 Å². The summed E-state index contributed by atoms with van der Waals surface area (Å²) in [5, 5.41) is 13.7. The number of carbonyl (C=O) groups is 1. The predicted molar refractivity (Wildman–Crippen MR) is 76.6 cm³/mol. The van der Waals surface area contributed by atoms with Crippen molar-refractivity contribution in [2.75, 3.05) is 0 Å². The highest BCUT2D eigenvalue weighted by molar-refractivity contribution is 5.76. The van der Waals surface area contributed by atoms with Gasteiger partial charge in [0, 0.05) is 6.92 Å². The molecule has 0 aliphatic rings. The third-order valence-electron chi connectivity index (χ3n) is 3.20. The molecule has 1 aromatic carbocycles. The number of benzene rings is 1. The Morgan fingerprint density at radius 2 is 2.10 bits per heavy atom. The Morgan fingerprint density at radius 3 is 2.71 bits per heavy atom. The van der Waals surface area contributed by atoms with E-state index in [-0.39, 0.29) is 24.3 Å². The zero-order valence-electron chi connectivity index (χ0n) is 11.8. The van der Waals surface area contributed by atoms with Crippen molar-refractivity contribution in [3.8, 4) is 0 Å². The average Bonchev–Trinajstić information content (AvgIpc) is 2.81. The van der Waals surface area contributed by atoms with Crippen LogP contribution in [0, 0.1) is 17.0 Å². The molecule has 21 heavy (non-hydrogen) atoms. The maximum Gasteiger partial charge on any atom is 0.343 e. The van der Waals surface area contributed by atoms with Gasteiger partial charge in [0.25, 0.3) is 5.91 Å². The summed E-state index contributed by atoms with van der Waals surface area (Å²) >= 11 is 0. The van der Waals surface area contributed by atoms with Crippen LogP contribution < -0.4 is 5.32 Å². The van der Waals surface area contributed by atoms with Crippen LogP contribution in [0.25, 0.3) is 0 Å². The van der Waals surface area contributed by atoms with E-state index in [4.69, 9.17) is 0 Å². The number of amides is 1. The molecule has 1 heterocycles. The number of imidazole rings is 1. The monoisotopic (exact) mass is 288 g/mol. The first-order valence-electron chi connectivity index (χ1n) is 6.50. The highest BCUT2D eigenvalue weighted by Crippen LogP contribution is 2.14. The lowest BCUT2D eigenvalue weighted by atomic mass is 10.1. The Morgan fingerprint density at radius 1 is 1.43 bits per heavy atom. The van der Waals surface area contributed by atoms with Crippen LogP contribution >= 0.6 is 0 Å². The van der Waals surface area contributed by atoms with Gasteiger partial charge in [0.15, 0.2) is 12.4 Å². The highest BCUT2D eigenvalue weighted by Gasteiger charge is 2.21. The number of nitro groups is 1. The summed E-state index contributed by atoms with van der Waals surface area (Å²) in [6, 6.07) is 9.34. The van der Waals surface area contributed by atoms with Gasteiger partial charge in [0.05, 0.1) is 6.04 Å². The van der Waals surface area contributed by atoms with Crippen molar-refractivity contribution in [3.63, 3.8) is 0 Å². The van der Waals surface area contributed by atoms with Gasteiger partial charge in [-0.3, -0.25) is 4.79 Å². The zero-order chi connectivity index (χ0) is 15.4. The van der Waals surface area contributed by atoms with Gasteiger partial charge in [-0.2, -0.15) is 0 Å². The summed E-state index contributed by atoms with van der Waals surface area (Å²) in [7, 11) is 0. The SMILES string of the molecule is Cc1ncc([N+](=O)[O-])n1CC(=O)N[C@@H](C)c1ccccc1. The minimum Gasteiger partial charge on any atom is -0.358 e. The topological polar surface area (TPSA) is 90.1 Å². The van der Waals surface area contributed by atoms with Gasteiger partial charge >= 0.3 is 5.82 Å². The number of aromatic nitrogens is 2. The van der Waals surface area contributed by atoms with Crippen LogP contribution in [-0.2, 0) is 11.3 Å². The molecule has 0 bridgehead atoms. The van der Waals surface area contributed by atoms with Crippen LogP contribution in [0.3, 0.4) is 0 Å². The largest absolute Gasteiger partial charge is 0.358 e. The van der Waals surface area contributed by atoms with Crippen molar-refractivity contribution in [3.05, 3.63) is 58.0 Å². The first-order valence-corrected chi connectivity index (χ1v) is 6.50. The number of hydrogen-bond acceptors (Lipinski definition) is 4. The summed E-state index contributed by atoms with van der Waals surface area (Å²) in [4.78, 5) is 26.2. The maximum absolute atomic E-state index is 12.0. The minimum atomic E-state index is -0.548. The molecule has 2 rings (SSSR count). The summed E-state index contributed by atoms with van der Waals surface area (Å²) < 4.78 is 1.28. The van der Waals surface area contributed by atoms with E-state index in [1.165, 1.54) is 4.57 Å². The minimum absolute atomic E-state index is 0.126. The number of hydrogen-bond donors (Lipinski definition) is 1. The quantitative estimate of drug-likeness (QED) is 0.672. The molecule has 0 fully saturated rings. The number of nitrogens with zero attached hydrogens (tertiary/aromatic N) is 3. The van der Waals surface area contributed by atoms with Crippen LogP contribution in [0.2, 0.25) is 0 Å². The van der Waals surface area contributed by atoms with E-state index in [9.17, 15) is 14.9 Å². The molecule has 1 atom stereocenters. The summed E-state index contributed by atoms with van der Waals surface area (Å²) in [6.07, 6.45) is 1.16. The Kier molecular flexibility index (Phi) is 4.32. The van der Waals surface area contributed by atoms with Crippen LogP contribution in [0.4, 0.5) is 5.82 Å². The number of carbonyl (C=O) groups excluding carboxylic acids is 1. The molecule has 1 N–H and O–H groups in total. The van der Waals surface area contributed by atoms with E-state index in [1.807, 2.05) is 37.3 Å². The Balaban J connectivity index is 2.06. The molecule has 0 unspecified atom stereocenters. The molecule has 7 nitrogen and oxygen atoms in total. The van der Waals surface area contributed by atoms with Crippen molar-refractivity contribution in [1.82, 2.24) is 14.9 Å². The zero-order valence-corrected chi connectivity index (χ0v) is 11.8. The molecule has 0 saturated carbocycles. The molecular weight excluding hydrogens is 272 g/mol. The molecule has 2 aromatic rings. The van der Waals surface area contributed by atoms with Gasteiger partial charge in [-0.15, -0.1) is 0 Å². The summed E-state index contributed by atoms with van der Waals surface area (Å²) in [5.41, 5.74) is 0.975. The van der Waals surface area contributed by atoms with E-state index in [1.54, 1.807) is 6.92 Å². The fourth-order valence-electron chi connectivity index (χ4n) is 2.05. The molecule has 0 radical (unpaired) electrons. The molecular formula is C14H16N4O3. The van der Waals surface area contributed by atoms with E-state index in [0.717, 1.165) is 11.8 Å². The van der Waals surface area contributed by atoms with Gasteiger partial charge in [-0.05, 0) is 17.4 Å². The summed E-state index contributed by atoms with van der Waals surface area (Å²) in [6.45, 7) is 3.36. The van der Waals surface area contributed by atoms with Crippen LogP contribution in [0.1, 0.15) is 24.4 Å². The molecule has 1 amide bonds. The fraction of sp³-hybridized carbons (Fsp3) is 0.286. The standard InChI is InChI=1S/C14H16N4O3/c1-10(12-6-4-3-5-7-12)16-13(19)9-17-11(2)15-8-14(17)18(20)21/h3-8,10H,9H2,1-2H3,(H,16,19)/t10-/m0/s1. The lowest BCUT2D eigenvalue weighted by Crippen LogP contribution is -2.30. The third-order valence-corrected chi connectivity index (χ3v) is 3.20. The smallest absolute Gasteiger partial charge is 0.343 e. The summed E-state index contributed by atoms with van der Waals surface area (Å²) in [5.74, 6) is -0.0465. The number of aryl methyl sites for hydroxylation is 1. The van der Waals surface area contributed by atoms with Crippen LogP contribution in [0.15, 0.2) is 36.5 Å². The van der Waals surface area contributed by atoms with E-state index >= 15 is 0 Å². The molecule has 0 saturated heterocycles. The molecule has 0 aliphatic heterocycles. The van der Waals surface area contributed by atoms with Crippen molar-refractivity contribution in [2.24, 2.45) is 0 Å². The Hall–Kier alpha value is -2.70. The van der Waals surface area contributed by atoms with Gasteiger partial charge < -0.3 is 15.4 Å². The van der Waals surface area contributed by atoms with E-state index < -0.39 is 4.92 Å². The Labute approximate surface area is 121 Å². The maximum atomic E-state index is 12.0.